The molecule has 3 aromatic heterocycles. The van der Waals surface area contributed by atoms with Gasteiger partial charge in [0.2, 0.25) is 0 Å². The minimum atomic E-state index is 0.588. The number of ether oxygens (including phenoxy) is 1. The first-order valence-corrected chi connectivity index (χ1v) is 8.14. The number of rotatable bonds is 7. The zero-order valence-electron chi connectivity index (χ0n) is 13.0. The van der Waals surface area contributed by atoms with Crippen LogP contribution in [-0.2, 0) is 17.0 Å². The Kier molecular flexibility index (Phi) is 5.04. The Balaban J connectivity index is 1.83. The van der Waals surface area contributed by atoms with Crippen molar-refractivity contribution in [3.05, 3.63) is 42.0 Å². The molecular formula is C15H17N5O2S. The van der Waals surface area contributed by atoms with Gasteiger partial charge in [-0.05, 0) is 19.1 Å². The number of aromatic nitrogens is 5. The van der Waals surface area contributed by atoms with Crippen molar-refractivity contribution in [1.29, 1.82) is 0 Å². The molecule has 0 amide bonds. The molecule has 0 N–H and O–H groups in total. The Hall–Kier alpha value is -2.19. The van der Waals surface area contributed by atoms with Gasteiger partial charge in [0.25, 0.3) is 0 Å². The van der Waals surface area contributed by atoms with E-state index in [1.54, 1.807) is 31.3 Å². The molecule has 0 saturated carbocycles. The predicted molar refractivity (Wildman–Crippen MR) is 85.9 cm³/mol. The molecule has 0 aliphatic heterocycles. The highest BCUT2D eigenvalue weighted by Gasteiger charge is 2.15. The van der Waals surface area contributed by atoms with Crippen LogP contribution in [0.2, 0.25) is 0 Å². The molecule has 0 spiro atoms. The fourth-order valence-electron chi connectivity index (χ4n) is 2.11. The summed E-state index contributed by atoms with van der Waals surface area (Å²) < 4.78 is 12.5. The van der Waals surface area contributed by atoms with Gasteiger partial charge < -0.3 is 9.26 Å². The van der Waals surface area contributed by atoms with Gasteiger partial charge in [0.15, 0.2) is 11.0 Å². The van der Waals surface area contributed by atoms with Crippen molar-refractivity contribution in [2.75, 3.05) is 13.7 Å². The van der Waals surface area contributed by atoms with Gasteiger partial charge in [-0.3, -0.25) is 9.55 Å². The van der Waals surface area contributed by atoms with Gasteiger partial charge in [0.05, 0.1) is 24.6 Å². The molecule has 0 aliphatic rings. The van der Waals surface area contributed by atoms with E-state index >= 15 is 0 Å². The number of nitrogens with zero attached hydrogens (tertiary/aromatic N) is 5. The molecule has 0 aliphatic carbocycles. The number of methoxy groups -OCH3 is 1. The molecule has 0 saturated heterocycles. The molecule has 0 aromatic carbocycles. The van der Waals surface area contributed by atoms with Gasteiger partial charge >= 0.3 is 0 Å². The van der Waals surface area contributed by atoms with Gasteiger partial charge in [-0.15, -0.1) is 10.2 Å². The Labute approximate surface area is 138 Å². The van der Waals surface area contributed by atoms with E-state index < -0.39 is 0 Å². The van der Waals surface area contributed by atoms with E-state index in [4.69, 9.17) is 9.26 Å². The van der Waals surface area contributed by atoms with E-state index in [-0.39, 0.29) is 0 Å². The van der Waals surface area contributed by atoms with E-state index in [1.807, 2.05) is 29.7 Å². The van der Waals surface area contributed by atoms with Crippen LogP contribution in [0.25, 0.3) is 11.4 Å². The van der Waals surface area contributed by atoms with Crippen molar-refractivity contribution in [1.82, 2.24) is 24.9 Å². The molecule has 3 heterocycles. The lowest BCUT2D eigenvalue weighted by Gasteiger charge is -2.09. The SMILES string of the molecule is COCCn1c(SCc2cc(C)no2)nnc1-c1ccncc1. The summed E-state index contributed by atoms with van der Waals surface area (Å²) >= 11 is 1.56. The third-order valence-electron chi connectivity index (χ3n) is 3.19. The third-order valence-corrected chi connectivity index (χ3v) is 4.18. The molecule has 0 radical (unpaired) electrons. The van der Waals surface area contributed by atoms with Crippen LogP contribution in [-0.4, -0.2) is 38.6 Å². The van der Waals surface area contributed by atoms with E-state index in [0.717, 1.165) is 28.0 Å². The second kappa shape index (κ2) is 7.38. The molecule has 8 heteroatoms. The molecule has 120 valence electrons. The summed E-state index contributed by atoms with van der Waals surface area (Å²) in [5, 5.41) is 13.3. The van der Waals surface area contributed by atoms with E-state index in [1.165, 1.54) is 0 Å². The highest BCUT2D eigenvalue weighted by atomic mass is 32.2. The van der Waals surface area contributed by atoms with Crippen LogP contribution in [0, 0.1) is 6.92 Å². The minimum Gasteiger partial charge on any atom is -0.383 e. The quantitative estimate of drug-likeness (QED) is 0.616. The van der Waals surface area contributed by atoms with Crippen LogP contribution in [0.15, 0.2) is 40.3 Å². The van der Waals surface area contributed by atoms with Gasteiger partial charge in [-0.25, -0.2) is 0 Å². The molecule has 0 unspecified atom stereocenters. The lowest BCUT2D eigenvalue weighted by Crippen LogP contribution is -2.07. The maximum atomic E-state index is 5.24. The van der Waals surface area contributed by atoms with Crippen LogP contribution >= 0.6 is 11.8 Å². The first-order valence-electron chi connectivity index (χ1n) is 7.15. The van der Waals surface area contributed by atoms with Crippen LogP contribution in [0.3, 0.4) is 0 Å². The summed E-state index contributed by atoms with van der Waals surface area (Å²) in [6, 6.07) is 5.76. The summed E-state index contributed by atoms with van der Waals surface area (Å²) in [6.45, 7) is 3.17. The first-order chi connectivity index (χ1) is 11.3. The number of hydrogen-bond acceptors (Lipinski definition) is 7. The first kappa shape index (κ1) is 15.7. The Morgan fingerprint density at radius 2 is 2.09 bits per heavy atom. The number of hydrogen-bond donors (Lipinski definition) is 0. The summed E-state index contributed by atoms with van der Waals surface area (Å²) in [5.41, 5.74) is 1.85. The molecule has 0 bridgehead atoms. The Bertz CT molecular complexity index is 756. The lowest BCUT2D eigenvalue weighted by molar-refractivity contribution is 0.185. The average Bonchev–Trinajstić information content (AvgIpc) is 3.17. The summed E-state index contributed by atoms with van der Waals surface area (Å²) in [7, 11) is 1.68. The van der Waals surface area contributed by atoms with Crippen LogP contribution in [0.5, 0.6) is 0 Å². The van der Waals surface area contributed by atoms with E-state index in [2.05, 4.69) is 20.3 Å². The Morgan fingerprint density at radius 1 is 1.26 bits per heavy atom. The highest BCUT2D eigenvalue weighted by molar-refractivity contribution is 7.98. The van der Waals surface area contributed by atoms with Gasteiger partial charge in [-0.1, -0.05) is 16.9 Å². The van der Waals surface area contributed by atoms with Crippen molar-refractivity contribution in [2.45, 2.75) is 24.4 Å². The normalized spacial score (nSPS) is 11.0. The number of thioether (sulfide) groups is 1. The van der Waals surface area contributed by atoms with Crippen LogP contribution in [0.1, 0.15) is 11.5 Å². The van der Waals surface area contributed by atoms with Crippen LogP contribution in [0.4, 0.5) is 0 Å². The number of pyridine rings is 1. The molecule has 3 aromatic rings. The van der Waals surface area contributed by atoms with Crippen molar-refractivity contribution in [2.24, 2.45) is 0 Å². The Morgan fingerprint density at radius 3 is 2.78 bits per heavy atom. The highest BCUT2D eigenvalue weighted by Crippen LogP contribution is 2.26. The fraction of sp³-hybridized carbons (Fsp3) is 0.333. The van der Waals surface area contributed by atoms with Gasteiger partial charge in [-0.2, -0.15) is 0 Å². The second-order valence-electron chi connectivity index (χ2n) is 4.91. The number of aryl methyl sites for hydroxylation is 1. The maximum Gasteiger partial charge on any atom is 0.192 e. The molecule has 0 fully saturated rings. The van der Waals surface area contributed by atoms with Crippen molar-refractivity contribution in [3.8, 4) is 11.4 Å². The van der Waals surface area contributed by atoms with E-state index in [0.29, 0.717) is 18.9 Å². The van der Waals surface area contributed by atoms with Crippen LogP contribution < -0.4 is 0 Å². The lowest BCUT2D eigenvalue weighted by atomic mass is 10.2. The minimum absolute atomic E-state index is 0.588. The zero-order chi connectivity index (χ0) is 16.1. The third kappa shape index (κ3) is 3.77. The second-order valence-corrected chi connectivity index (χ2v) is 5.85. The van der Waals surface area contributed by atoms with E-state index in [9.17, 15) is 0 Å². The molecule has 7 nitrogen and oxygen atoms in total. The largest absolute Gasteiger partial charge is 0.383 e. The molecule has 3 rings (SSSR count). The van der Waals surface area contributed by atoms with Crippen molar-refractivity contribution >= 4 is 11.8 Å². The summed E-state index contributed by atoms with van der Waals surface area (Å²) in [4.78, 5) is 4.04. The monoisotopic (exact) mass is 331 g/mol. The smallest absolute Gasteiger partial charge is 0.192 e. The van der Waals surface area contributed by atoms with Crippen molar-refractivity contribution < 1.29 is 9.26 Å². The molecular weight excluding hydrogens is 314 g/mol. The molecule has 23 heavy (non-hydrogen) atoms. The average molecular weight is 331 g/mol. The zero-order valence-corrected chi connectivity index (χ0v) is 13.8. The predicted octanol–water partition coefficient (Wildman–Crippen LogP) is 2.58. The summed E-state index contributed by atoms with van der Waals surface area (Å²) in [6.07, 6.45) is 3.49. The van der Waals surface area contributed by atoms with Gasteiger partial charge in [0, 0.05) is 31.1 Å². The topological polar surface area (TPSA) is 78.9 Å². The van der Waals surface area contributed by atoms with Crippen molar-refractivity contribution in [3.63, 3.8) is 0 Å². The van der Waals surface area contributed by atoms with Gasteiger partial charge in [0.1, 0.15) is 5.76 Å². The molecule has 0 atom stereocenters. The summed E-state index contributed by atoms with van der Waals surface area (Å²) in [5.74, 6) is 2.28. The fourth-order valence-corrected chi connectivity index (χ4v) is 2.95. The maximum absolute atomic E-state index is 5.24. The standard InChI is InChI=1S/C15H17N5O2S/c1-11-9-13(22-19-11)10-23-15-18-17-14(20(15)7-8-21-2)12-3-5-16-6-4-12/h3-6,9H,7-8,10H2,1-2H3.